The lowest BCUT2D eigenvalue weighted by molar-refractivity contribution is 0.0470. The molecule has 0 aliphatic carbocycles. The smallest absolute Gasteiger partial charge is 0.151 e. The number of aryl methyl sites for hydroxylation is 1. The molecule has 0 N–H and O–H groups in total. The van der Waals surface area contributed by atoms with Gasteiger partial charge in [0.2, 0.25) is 0 Å². The van der Waals surface area contributed by atoms with E-state index < -0.39 is 0 Å². The quantitative estimate of drug-likeness (QED) is 0.772. The lowest BCUT2D eigenvalue weighted by atomic mass is 10.1. The van der Waals surface area contributed by atoms with E-state index in [1.165, 1.54) is 0 Å². The van der Waals surface area contributed by atoms with Gasteiger partial charge in [-0.25, -0.2) is 0 Å². The predicted octanol–water partition coefficient (Wildman–Crippen LogP) is 2.01. The van der Waals surface area contributed by atoms with E-state index in [0.717, 1.165) is 37.4 Å². The molecule has 1 aliphatic rings. The number of alkyl halides is 1. The summed E-state index contributed by atoms with van der Waals surface area (Å²) in [5.74, 6) is 1.54. The van der Waals surface area contributed by atoms with Crippen molar-refractivity contribution in [1.29, 1.82) is 0 Å². The Kier molecular flexibility index (Phi) is 4.57. The first kappa shape index (κ1) is 12.6. The molecule has 0 unspecified atom stereocenters. The molecule has 0 saturated carbocycles. The molecule has 1 aliphatic heterocycles. The molecule has 0 bridgehead atoms. The summed E-state index contributed by atoms with van der Waals surface area (Å²) in [5, 5.41) is 8.29. The predicted molar refractivity (Wildman–Crippen MR) is 68.7 cm³/mol. The molecule has 17 heavy (non-hydrogen) atoms. The van der Waals surface area contributed by atoms with Gasteiger partial charge < -0.3 is 9.64 Å². The first-order chi connectivity index (χ1) is 8.29. The van der Waals surface area contributed by atoms with Gasteiger partial charge in [0.25, 0.3) is 0 Å². The third kappa shape index (κ3) is 3.54. The second-order valence-corrected chi connectivity index (χ2v) is 4.66. The molecule has 0 atom stereocenters. The Bertz CT molecular complexity index is 336. The van der Waals surface area contributed by atoms with E-state index in [9.17, 15) is 0 Å². The molecule has 2 heterocycles. The third-order valence-corrected chi connectivity index (χ3v) is 3.13. The minimum absolute atomic E-state index is 0.350. The number of aromatic nitrogens is 2. The van der Waals surface area contributed by atoms with Gasteiger partial charge >= 0.3 is 0 Å². The van der Waals surface area contributed by atoms with E-state index in [0.29, 0.717) is 18.6 Å². The van der Waals surface area contributed by atoms with E-state index in [-0.39, 0.29) is 0 Å². The fourth-order valence-electron chi connectivity index (χ4n) is 2.02. The average Bonchev–Trinajstić information content (AvgIpc) is 2.38. The Morgan fingerprint density at radius 1 is 1.35 bits per heavy atom. The van der Waals surface area contributed by atoms with Crippen molar-refractivity contribution in [1.82, 2.24) is 10.2 Å². The van der Waals surface area contributed by atoms with Crippen LogP contribution in [0.1, 0.15) is 18.5 Å². The zero-order valence-electron chi connectivity index (χ0n) is 10.1. The Morgan fingerprint density at radius 3 is 2.71 bits per heavy atom. The van der Waals surface area contributed by atoms with Gasteiger partial charge in [0, 0.05) is 19.0 Å². The minimum atomic E-state index is 0.350. The second-order valence-electron chi connectivity index (χ2n) is 4.28. The van der Waals surface area contributed by atoms with Crippen molar-refractivity contribution < 1.29 is 4.74 Å². The van der Waals surface area contributed by atoms with Crippen molar-refractivity contribution in [2.24, 2.45) is 0 Å². The maximum absolute atomic E-state index is 5.64. The molecule has 1 aromatic rings. The summed E-state index contributed by atoms with van der Waals surface area (Å²) in [7, 11) is 0. The van der Waals surface area contributed by atoms with Crippen LogP contribution in [0.25, 0.3) is 0 Å². The molecule has 94 valence electrons. The van der Waals surface area contributed by atoms with Gasteiger partial charge in [0.05, 0.1) is 18.4 Å². The van der Waals surface area contributed by atoms with Crippen LogP contribution in [0.5, 0.6) is 0 Å². The highest BCUT2D eigenvalue weighted by molar-refractivity contribution is 6.17. The number of ether oxygens (including phenoxy) is 1. The third-order valence-electron chi connectivity index (χ3n) is 2.98. The van der Waals surface area contributed by atoms with E-state index in [2.05, 4.69) is 15.1 Å². The number of rotatable bonds is 4. The van der Waals surface area contributed by atoms with E-state index in [1.54, 1.807) is 0 Å². The molecular formula is C12H18ClN3O. The Hall–Kier alpha value is -0.870. The highest BCUT2D eigenvalue weighted by Gasteiger charge is 2.20. The van der Waals surface area contributed by atoms with Crippen molar-refractivity contribution in [3.05, 3.63) is 17.8 Å². The van der Waals surface area contributed by atoms with Crippen molar-refractivity contribution >= 4 is 17.4 Å². The van der Waals surface area contributed by atoms with Crippen LogP contribution < -0.4 is 4.90 Å². The molecule has 1 fully saturated rings. The molecule has 0 radical (unpaired) electrons. The first-order valence-corrected chi connectivity index (χ1v) is 6.56. The number of nitrogens with zero attached hydrogens (tertiary/aromatic N) is 3. The van der Waals surface area contributed by atoms with Crippen molar-refractivity contribution in [3.8, 4) is 0 Å². The van der Waals surface area contributed by atoms with Gasteiger partial charge in [0.1, 0.15) is 0 Å². The number of anilines is 1. The van der Waals surface area contributed by atoms with Crippen LogP contribution in [-0.4, -0.2) is 41.9 Å². The maximum Gasteiger partial charge on any atom is 0.151 e. The Morgan fingerprint density at radius 2 is 2.12 bits per heavy atom. The largest absolute Gasteiger partial charge is 0.377 e. The summed E-state index contributed by atoms with van der Waals surface area (Å²) in [6, 6.07) is 4.03. The van der Waals surface area contributed by atoms with E-state index in [4.69, 9.17) is 16.3 Å². The van der Waals surface area contributed by atoms with Gasteiger partial charge in [0.15, 0.2) is 5.82 Å². The first-order valence-electron chi connectivity index (χ1n) is 6.02. The average molecular weight is 256 g/mol. The molecular weight excluding hydrogens is 238 g/mol. The number of hydrogen-bond donors (Lipinski definition) is 0. The molecule has 0 spiro atoms. The zero-order chi connectivity index (χ0) is 12.1. The summed E-state index contributed by atoms with van der Waals surface area (Å²) in [6.45, 7) is 4.55. The fraction of sp³-hybridized carbons (Fsp3) is 0.667. The van der Waals surface area contributed by atoms with Gasteiger partial charge in [-0.05, 0) is 31.9 Å². The molecule has 4 nitrogen and oxygen atoms in total. The molecule has 2 rings (SSSR count). The summed E-state index contributed by atoms with van der Waals surface area (Å²) in [5.41, 5.74) is 0.953. The number of hydrogen-bond acceptors (Lipinski definition) is 4. The van der Waals surface area contributed by atoms with Gasteiger partial charge in [-0.15, -0.1) is 16.7 Å². The Labute approximate surface area is 107 Å². The van der Waals surface area contributed by atoms with E-state index in [1.807, 2.05) is 19.1 Å². The highest BCUT2D eigenvalue weighted by atomic mass is 35.5. The summed E-state index contributed by atoms with van der Waals surface area (Å²) < 4.78 is 5.64. The zero-order valence-corrected chi connectivity index (χ0v) is 10.9. The lowest BCUT2D eigenvalue weighted by Crippen LogP contribution is -2.37. The number of piperidine rings is 1. The normalized spacial score (nSPS) is 17.4. The SMILES string of the molecule is Cc1ccc(N2CCC(OCCCl)CC2)nn1. The maximum atomic E-state index is 5.64. The molecule has 5 heteroatoms. The minimum Gasteiger partial charge on any atom is -0.377 e. The summed E-state index contributed by atoms with van der Waals surface area (Å²) in [6.07, 6.45) is 2.42. The summed E-state index contributed by atoms with van der Waals surface area (Å²) >= 11 is 5.61. The van der Waals surface area contributed by atoms with Gasteiger partial charge in [-0.3, -0.25) is 0 Å². The van der Waals surface area contributed by atoms with E-state index >= 15 is 0 Å². The van der Waals surface area contributed by atoms with Gasteiger partial charge in [-0.2, -0.15) is 5.10 Å². The van der Waals surface area contributed by atoms with Crippen LogP contribution in [0.4, 0.5) is 5.82 Å². The molecule has 0 amide bonds. The van der Waals surface area contributed by atoms with Crippen molar-refractivity contribution in [2.75, 3.05) is 30.5 Å². The molecule has 0 aromatic carbocycles. The van der Waals surface area contributed by atoms with Gasteiger partial charge in [-0.1, -0.05) is 0 Å². The van der Waals surface area contributed by atoms with Crippen LogP contribution in [0.2, 0.25) is 0 Å². The standard InChI is InChI=1S/C12H18ClN3O/c1-10-2-3-12(15-14-10)16-7-4-11(5-8-16)17-9-6-13/h2-3,11H,4-9H2,1H3. The fourth-order valence-corrected chi connectivity index (χ4v) is 2.11. The summed E-state index contributed by atoms with van der Waals surface area (Å²) in [4.78, 5) is 2.26. The Balaban J connectivity index is 1.84. The molecule has 1 saturated heterocycles. The van der Waals surface area contributed by atoms with Crippen molar-refractivity contribution in [3.63, 3.8) is 0 Å². The molecule has 1 aromatic heterocycles. The van der Waals surface area contributed by atoms with Crippen LogP contribution >= 0.6 is 11.6 Å². The van der Waals surface area contributed by atoms with Crippen LogP contribution in [0.15, 0.2) is 12.1 Å². The monoisotopic (exact) mass is 255 g/mol. The lowest BCUT2D eigenvalue weighted by Gasteiger charge is -2.32. The van der Waals surface area contributed by atoms with Crippen LogP contribution in [-0.2, 0) is 4.74 Å². The van der Waals surface area contributed by atoms with Crippen LogP contribution in [0.3, 0.4) is 0 Å². The topological polar surface area (TPSA) is 38.2 Å². The number of halogens is 1. The second kappa shape index (κ2) is 6.17. The highest BCUT2D eigenvalue weighted by Crippen LogP contribution is 2.18. The van der Waals surface area contributed by atoms with Crippen molar-refractivity contribution in [2.45, 2.75) is 25.9 Å². The van der Waals surface area contributed by atoms with Crippen LogP contribution in [0, 0.1) is 6.92 Å².